The van der Waals surface area contributed by atoms with Gasteiger partial charge >= 0.3 is 0 Å². The number of aryl methyl sites for hydroxylation is 1. The normalized spacial score (nSPS) is 13.4. The first kappa shape index (κ1) is 21.9. The summed E-state index contributed by atoms with van der Waals surface area (Å²) in [6, 6.07) is 15.3. The molecule has 0 bridgehead atoms. The molecule has 0 unspecified atom stereocenters. The summed E-state index contributed by atoms with van der Waals surface area (Å²) in [4.78, 5) is 30.7. The minimum atomic E-state index is -0.435. The number of rotatable bonds is 5. The van der Waals surface area contributed by atoms with Crippen molar-refractivity contribution in [3.05, 3.63) is 80.9 Å². The Morgan fingerprint density at radius 2 is 1.91 bits per heavy atom. The molecular weight excluding hydrogens is 456 g/mol. The van der Waals surface area contributed by atoms with Crippen LogP contribution in [0.3, 0.4) is 0 Å². The van der Waals surface area contributed by atoms with Gasteiger partial charge in [-0.25, -0.2) is 4.98 Å². The number of nitrogens with zero attached hydrogens (tertiary/aromatic N) is 3. The van der Waals surface area contributed by atoms with Crippen molar-refractivity contribution < 1.29 is 14.1 Å². The predicted molar refractivity (Wildman–Crippen MR) is 132 cm³/mol. The monoisotopic (exact) mass is 476 g/mol. The smallest absolute Gasteiger partial charge is 0.293 e. The third-order valence-electron chi connectivity index (χ3n) is 5.96. The largest absolute Gasteiger partial charge is 0.436 e. The molecule has 34 heavy (non-hydrogen) atoms. The van der Waals surface area contributed by atoms with Gasteiger partial charge in [-0.1, -0.05) is 17.7 Å². The molecule has 8 nitrogen and oxygen atoms in total. The zero-order valence-electron chi connectivity index (χ0n) is 18.4. The Labute approximate surface area is 200 Å². The molecule has 172 valence electrons. The Morgan fingerprint density at radius 1 is 1.12 bits per heavy atom. The summed E-state index contributed by atoms with van der Waals surface area (Å²) in [5.41, 5.74) is 4.03. The summed E-state index contributed by atoms with van der Waals surface area (Å²) in [5, 5.41) is 15.1. The van der Waals surface area contributed by atoms with Crippen LogP contribution in [0.25, 0.3) is 22.6 Å². The summed E-state index contributed by atoms with van der Waals surface area (Å²) < 4.78 is 5.84. The number of nitro groups is 1. The molecule has 1 aliphatic rings. The van der Waals surface area contributed by atoms with Gasteiger partial charge in [0.05, 0.1) is 4.92 Å². The molecular formula is C25H21ClN4O4. The number of nitrogens with one attached hydrogen (secondary N) is 1. The van der Waals surface area contributed by atoms with E-state index in [1.165, 1.54) is 6.07 Å². The first-order chi connectivity index (χ1) is 16.4. The Morgan fingerprint density at radius 3 is 2.68 bits per heavy atom. The summed E-state index contributed by atoms with van der Waals surface area (Å²) >= 11 is 6.04. The highest BCUT2D eigenvalue weighted by Gasteiger charge is 2.24. The lowest BCUT2D eigenvalue weighted by Crippen LogP contribution is -2.20. The standard InChI is InChI=1S/C25H21ClN4O4/c1-15-4-5-17(25-28-20-14-18(26)7-9-23(20)34-25)12-19(15)27-24(31)16-6-8-21(22(13-16)30(32)33)29-10-2-3-11-29/h4-9,12-14H,2-3,10-11H2,1H3,(H,27,31). The molecule has 0 spiro atoms. The number of oxazole rings is 1. The maximum absolute atomic E-state index is 13.0. The summed E-state index contributed by atoms with van der Waals surface area (Å²) in [6.07, 6.45) is 2.00. The Kier molecular flexibility index (Phi) is 5.67. The number of halogens is 1. The van der Waals surface area contributed by atoms with Crippen LogP contribution in [0, 0.1) is 17.0 Å². The number of hydrogen-bond donors (Lipinski definition) is 1. The molecule has 0 saturated carbocycles. The highest BCUT2D eigenvalue weighted by molar-refractivity contribution is 6.31. The van der Waals surface area contributed by atoms with Gasteiger partial charge in [-0.2, -0.15) is 0 Å². The molecule has 1 amide bonds. The Bertz CT molecular complexity index is 1430. The highest BCUT2D eigenvalue weighted by atomic mass is 35.5. The van der Waals surface area contributed by atoms with Crippen LogP contribution in [-0.4, -0.2) is 28.9 Å². The van der Waals surface area contributed by atoms with Crippen molar-refractivity contribution in [2.45, 2.75) is 19.8 Å². The zero-order valence-corrected chi connectivity index (χ0v) is 19.1. The van der Waals surface area contributed by atoms with Crippen LogP contribution in [-0.2, 0) is 0 Å². The highest BCUT2D eigenvalue weighted by Crippen LogP contribution is 2.33. The molecule has 1 fully saturated rings. The van der Waals surface area contributed by atoms with E-state index >= 15 is 0 Å². The van der Waals surface area contributed by atoms with Crippen molar-refractivity contribution in [2.75, 3.05) is 23.3 Å². The molecule has 0 radical (unpaired) electrons. The first-order valence-electron chi connectivity index (χ1n) is 10.9. The van der Waals surface area contributed by atoms with E-state index in [4.69, 9.17) is 16.0 Å². The first-order valence-corrected chi connectivity index (χ1v) is 11.3. The lowest BCUT2D eigenvalue weighted by Gasteiger charge is -2.18. The van der Waals surface area contributed by atoms with Crippen molar-refractivity contribution in [1.29, 1.82) is 0 Å². The average molecular weight is 477 g/mol. The number of nitro benzene ring substituents is 1. The second-order valence-corrected chi connectivity index (χ2v) is 8.71. The van der Waals surface area contributed by atoms with Crippen LogP contribution < -0.4 is 10.2 Å². The second-order valence-electron chi connectivity index (χ2n) is 8.27. The van der Waals surface area contributed by atoms with Crippen molar-refractivity contribution in [3.63, 3.8) is 0 Å². The number of hydrogen-bond acceptors (Lipinski definition) is 6. The third-order valence-corrected chi connectivity index (χ3v) is 6.20. The topological polar surface area (TPSA) is 102 Å². The number of anilines is 2. The molecule has 3 aromatic carbocycles. The number of aromatic nitrogens is 1. The molecule has 0 atom stereocenters. The SMILES string of the molecule is Cc1ccc(-c2nc3cc(Cl)ccc3o2)cc1NC(=O)c1ccc(N2CCCC2)c([N+](=O)[O-])c1. The molecule has 2 heterocycles. The Hall–Kier alpha value is -3.91. The van der Waals surface area contributed by atoms with Crippen LogP contribution in [0.4, 0.5) is 17.1 Å². The predicted octanol–water partition coefficient (Wildman–Crippen LogP) is 6.22. The van der Waals surface area contributed by atoms with Crippen LogP contribution in [0.5, 0.6) is 0 Å². The van der Waals surface area contributed by atoms with E-state index in [1.807, 2.05) is 24.0 Å². The van der Waals surface area contributed by atoms with Gasteiger partial charge < -0.3 is 14.6 Å². The van der Waals surface area contributed by atoms with Crippen LogP contribution in [0.15, 0.2) is 59.0 Å². The molecule has 0 aliphatic carbocycles. The van der Waals surface area contributed by atoms with Crippen molar-refractivity contribution in [3.8, 4) is 11.5 Å². The molecule has 1 saturated heterocycles. The minimum absolute atomic E-state index is 0.0647. The van der Waals surface area contributed by atoms with Crippen LogP contribution in [0.2, 0.25) is 5.02 Å². The fourth-order valence-corrected chi connectivity index (χ4v) is 4.31. The van der Waals surface area contributed by atoms with Crippen molar-refractivity contribution in [2.24, 2.45) is 0 Å². The van der Waals surface area contributed by atoms with E-state index in [-0.39, 0.29) is 11.3 Å². The zero-order chi connectivity index (χ0) is 23.8. The van der Waals surface area contributed by atoms with Gasteiger partial charge in [0.1, 0.15) is 11.2 Å². The number of carbonyl (C=O) groups is 1. The van der Waals surface area contributed by atoms with E-state index in [0.29, 0.717) is 39.0 Å². The van der Waals surface area contributed by atoms with Gasteiger partial charge in [0.25, 0.3) is 11.6 Å². The van der Waals surface area contributed by atoms with Crippen molar-refractivity contribution >= 4 is 45.7 Å². The molecule has 4 aromatic rings. The van der Waals surface area contributed by atoms with E-state index in [0.717, 1.165) is 31.5 Å². The molecule has 1 aromatic heterocycles. The van der Waals surface area contributed by atoms with Gasteiger partial charge in [-0.05, 0) is 67.8 Å². The number of carbonyl (C=O) groups excluding carboxylic acids is 1. The van der Waals surface area contributed by atoms with Crippen LogP contribution in [0.1, 0.15) is 28.8 Å². The average Bonchev–Trinajstić information content (AvgIpc) is 3.50. The third kappa shape index (κ3) is 4.20. The minimum Gasteiger partial charge on any atom is -0.436 e. The van der Waals surface area contributed by atoms with Crippen molar-refractivity contribution in [1.82, 2.24) is 4.98 Å². The maximum atomic E-state index is 13.0. The lowest BCUT2D eigenvalue weighted by atomic mass is 10.1. The van der Waals surface area contributed by atoms with E-state index in [1.54, 1.807) is 36.4 Å². The van der Waals surface area contributed by atoms with E-state index in [2.05, 4.69) is 10.3 Å². The number of amides is 1. The fraction of sp³-hybridized carbons (Fsp3) is 0.200. The van der Waals surface area contributed by atoms with Crippen LogP contribution >= 0.6 is 11.6 Å². The van der Waals surface area contributed by atoms with Gasteiger partial charge in [0.15, 0.2) is 5.58 Å². The quantitative estimate of drug-likeness (QED) is 0.271. The Balaban J connectivity index is 1.43. The molecule has 5 rings (SSSR count). The summed E-state index contributed by atoms with van der Waals surface area (Å²) in [5.74, 6) is -0.0287. The second kappa shape index (κ2) is 8.79. The fourth-order valence-electron chi connectivity index (χ4n) is 4.14. The summed E-state index contributed by atoms with van der Waals surface area (Å²) in [7, 11) is 0. The van der Waals surface area contributed by atoms with Gasteiger partial charge in [-0.3, -0.25) is 14.9 Å². The molecule has 1 N–H and O–H groups in total. The lowest BCUT2D eigenvalue weighted by molar-refractivity contribution is -0.384. The van der Waals surface area contributed by atoms with E-state index in [9.17, 15) is 14.9 Å². The van der Waals surface area contributed by atoms with Gasteiger partial charge in [0, 0.05) is 41.0 Å². The molecule has 9 heteroatoms. The van der Waals surface area contributed by atoms with E-state index < -0.39 is 10.8 Å². The number of fused-ring (bicyclic) bond motifs is 1. The maximum Gasteiger partial charge on any atom is 0.293 e. The summed E-state index contributed by atoms with van der Waals surface area (Å²) in [6.45, 7) is 3.42. The number of benzene rings is 3. The van der Waals surface area contributed by atoms with Gasteiger partial charge in [-0.15, -0.1) is 0 Å². The van der Waals surface area contributed by atoms with Gasteiger partial charge in [0.2, 0.25) is 5.89 Å². The molecule has 1 aliphatic heterocycles.